The van der Waals surface area contributed by atoms with Crippen LogP contribution in [0.2, 0.25) is 0 Å². The molecular formula is C18H17NO6S. The number of aryl methyl sites for hydroxylation is 1. The summed E-state index contributed by atoms with van der Waals surface area (Å²) in [6, 6.07) is 5.98. The van der Waals surface area contributed by atoms with Gasteiger partial charge in [-0.1, -0.05) is 0 Å². The molecule has 0 N–H and O–H groups in total. The lowest BCUT2D eigenvalue weighted by Crippen LogP contribution is -2.20. The maximum absolute atomic E-state index is 12.5. The van der Waals surface area contributed by atoms with Crippen LogP contribution in [-0.4, -0.2) is 37.9 Å². The molecule has 3 rings (SSSR count). The summed E-state index contributed by atoms with van der Waals surface area (Å²) in [6.07, 6.45) is 3.97. The number of Topliss-reactive ketones (excluding diaryl/α,β-unsaturated/α-hetero) is 1. The average Bonchev–Trinajstić information content (AvgIpc) is 2.93. The topological polar surface area (TPSA) is 91.7 Å². The van der Waals surface area contributed by atoms with E-state index in [0.717, 1.165) is 6.26 Å². The van der Waals surface area contributed by atoms with Crippen molar-refractivity contribution in [3.8, 4) is 5.75 Å². The van der Waals surface area contributed by atoms with Crippen molar-refractivity contribution in [2.45, 2.75) is 11.5 Å². The maximum Gasteiger partial charge on any atom is 0.230 e. The Labute approximate surface area is 150 Å². The van der Waals surface area contributed by atoms with Crippen molar-refractivity contribution in [1.82, 2.24) is 4.57 Å². The van der Waals surface area contributed by atoms with E-state index in [1.807, 2.05) is 0 Å². The van der Waals surface area contributed by atoms with Crippen LogP contribution in [0.4, 0.5) is 0 Å². The smallest absolute Gasteiger partial charge is 0.230 e. The first-order chi connectivity index (χ1) is 12.2. The van der Waals surface area contributed by atoms with Gasteiger partial charge in [0.2, 0.25) is 11.6 Å². The predicted octanol–water partition coefficient (Wildman–Crippen LogP) is 1.92. The molecule has 0 saturated heterocycles. The Morgan fingerprint density at radius 3 is 2.35 bits per heavy atom. The number of allylic oxidation sites excluding steroid dienone is 2. The monoisotopic (exact) mass is 375 g/mol. The summed E-state index contributed by atoms with van der Waals surface area (Å²) in [7, 11) is -0.261. The lowest BCUT2D eigenvalue weighted by molar-refractivity contribution is 0.0912. The van der Waals surface area contributed by atoms with Crippen molar-refractivity contribution in [2.75, 3.05) is 13.4 Å². The van der Waals surface area contributed by atoms with Gasteiger partial charge in [0.15, 0.2) is 15.6 Å². The van der Waals surface area contributed by atoms with E-state index >= 15 is 0 Å². The summed E-state index contributed by atoms with van der Waals surface area (Å²) in [4.78, 5) is 24.9. The van der Waals surface area contributed by atoms with E-state index in [2.05, 4.69) is 0 Å². The van der Waals surface area contributed by atoms with E-state index < -0.39 is 9.84 Å². The third kappa shape index (κ3) is 3.15. The molecule has 0 unspecified atom stereocenters. The Balaban J connectivity index is 1.86. The fourth-order valence-electron chi connectivity index (χ4n) is 2.82. The van der Waals surface area contributed by atoms with Crippen LogP contribution in [0, 0.1) is 0 Å². The molecule has 1 aliphatic carbocycles. The van der Waals surface area contributed by atoms with Gasteiger partial charge < -0.3 is 14.0 Å². The van der Waals surface area contributed by atoms with Crippen LogP contribution < -0.4 is 4.74 Å². The van der Waals surface area contributed by atoms with E-state index in [-0.39, 0.29) is 34.4 Å². The Morgan fingerprint density at radius 1 is 1.12 bits per heavy atom. The van der Waals surface area contributed by atoms with Crippen molar-refractivity contribution in [2.24, 2.45) is 7.05 Å². The van der Waals surface area contributed by atoms with Gasteiger partial charge in [0.05, 0.1) is 17.6 Å². The molecule has 0 atom stereocenters. The molecule has 0 saturated carbocycles. The first-order valence-electron chi connectivity index (χ1n) is 7.68. The Hall–Kier alpha value is -2.87. The third-order valence-electron chi connectivity index (χ3n) is 4.07. The molecule has 0 aliphatic heterocycles. The second-order valence-corrected chi connectivity index (χ2v) is 7.94. The number of rotatable bonds is 5. The zero-order chi connectivity index (χ0) is 19.1. The minimum atomic E-state index is -3.28. The molecule has 8 heteroatoms. The van der Waals surface area contributed by atoms with Gasteiger partial charge in [0.1, 0.15) is 18.1 Å². The lowest BCUT2D eigenvalue weighted by atomic mass is 9.97. The van der Waals surface area contributed by atoms with Crippen molar-refractivity contribution in [1.29, 1.82) is 0 Å². The second-order valence-electron chi connectivity index (χ2n) is 5.93. The molecule has 0 fully saturated rings. The first kappa shape index (κ1) is 17.9. The highest BCUT2D eigenvalue weighted by Gasteiger charge is 2.32. The third-order valence-corrected chi connectivity index (χ3v) is 5.20. The first-order valence-corrected chi connectivity index (χ1v) is 9.57. The van der Waals surface area contributed by atoms with Gasteiger partial charge in [-0.15, -0.1) is 0 Å². The number of methoxy groups -OCH3 is 1. The van der Waals surface area contributed by atoms with E-state index in [0.29, 0.717) is 17.0 Å². The Kier molecular flexibility index (Phi) is 4.45. The fourth-order valence-corrected chi connectivity index (χ4v) is 3.45. The van der Waals surface area contributed by atoms with Gasteiger partial charge in [0, 0.05) is 31.1 Å². The van der Waals surface area contributed by atoms with Gasteiger partial charge in [-0.2, -0.15) is 0 Å². The highest BCUT2D eigenvalue weighted by molar-refractivity contribution is 7.90. The average molecular weight is 375 g/mol. The lowest BCUT2D eigenvalue weighted by Gasteiger charge is -2.13. The van der Waals surface area contributed by atoms with Crippen molar-refractivity contribution in [3.63, 3.8) is 0 Å². The Bertz CT molecular complexity index is 1030. The van der Waals surface area contributed by atoms with Crippen molar-refractivity contribution >= 4 is 21.4 Å². The summed E-state index contributed by atoms with van der Waals surface area (Å²) < 4.78 is 35.2. The summed E-state index contributed by atoms with van der Waals surface area (Å²) in [5.74, 6) is -0.226. The molecule has 0 spiro atoms. The van der Waals surface area contributed by atoms with Crippen molar-refractivity contribution < 1.29 is 27.5 Å². The molecule has 26 heavy (non-hydrogen) atoms. The van der Waals surface area contributed by atoms with Crippen LogP contribution in [0.3, 0.4) is 0 Å². The van der Waals surface area contributed by atoms with E-state index in [4.69, 9.17) is 9.47 Å². The highest BCUT2D eigenvalue weighted by atomic mass is 32.2. The van der Waals surface area contributed by atoms with Crippen LogP contribution in [-0.2, 0) is 28.2 Å². The zero-order valence-electron chi connectivity index (χ0n) is 14.5. The molecule has 1 heterocycles. The van der Waals surface area contributed by atoms with Gasteiger partial charge >= 0.3 is 0 Å². The molecule has 1 aliphatic rings. The molecule has 136 valence electrons. The molecule has 0 bridgehead atoms. The van der Waals surface area contributed by atoms with Gasteiger partial charge in [-0.25, -0.2) is 8.42 Å². The zero-order valence-corrected chi connectivity index (χ0v) is 15.3. The standard InChI is InChI=1S/C18H17NO6S/c1-19-9-11(16-17(19)14(20)8-15(24-2)18(16)21)10-25-12-4-6-13(7-5-12)26(3,22)23/h4-9H,10H2,1-3H3. The summed E-state index contributed by atoms with van der Waals surface area (Å²) in [6.45, 7) is 0.0530. The molecule has 0 amide bonds. The summed E-state index contributed by atoms with van der Waals surface area (Å²) in [5, 5.41) is 0. The summed E-state index contributed by atoms with van der Waals surface area (Å²) >= 11 is 0. The molecule has 1 aromatic carbocycles. The van der Waals surface area contributed by atoms with Crippen LogP contribution >= 0.6 is 0 Å². The van der Waals surface area contributed by atoms with Gasteiger partial charge in [-0.05, 0) is 24.3 Å². The van der Waals surface area contributed by atoms with Crippen molar-refractivity contribution in [3.05, 3.63) is 59.1 Å². The fraction of sp³-hybridized carbons (Fsp3) is 0.222. The minimum absolute atomic E-state index is 0.00699. The summed E-state index contributed by atoms with van der Waals surface area (Å²) in [5.41, 5.74) is 1.11. The molecule has 1 aromatic heterocycles. The molecule has 0 radical (unpaired) electrons. The number of sulfone groups is 1. The number of carbonyl (C=O) groups excluding carboxylic acids is 2. The van der Waals surface area contributed by atoms with E-state index in [1.54, 1.807) is 29.9 Å². The highest BCUT2D eigenvalue weighted by Crippen LogP contribution is 2.27. The van der Waals surface area contributed by atoms with E-state index in [1.165, 1.54) is 25.3 Å². The number of hydrogen-bond acceptors (Lipinski definition) is 6. The van der Waals surface area contributed by atoms with Crippen LogP contribution in [0.1, 0.15) is 26.4 Å². The number of benzene rings is 1. The number of hydrogen-bond donors (Lipinski definition) is 0. The maximum atomic E-state index is 12.5. The molecule has 2 aromatic rings. The van der Waals surface area contributed by atoms with Crippen LogP contribution in [0.15, 0.2) is 47.2 Å². The quantitative estimate of drug-likeness (QED) is 0.793. The van der Waals surface area contributed by atoms with Crippen LogP contribution in [0.5, 0.6) is 5.75 Å². The predicted molar refractivity (Wildman–Crippen MR) is 93.0 cm³/mol. The van der Waals surface area contributed by atoms with Gasteiger partial charge in [-0.3, -0.25) is 9.59 Å². The van der Waals surface area contributed by atoms with Gasteiger partial charge in [0.25, 0.3) is 0 Å². The number of carbonyl (C=O) groups is 2. The number of ether oxygens (including phenoxy) is 2. The Morgan fingerprint density at radius 2 is 1.77 bits per heavy atom. The molecular weight excluding hydrogens is 358 g/mol. The number of nitrogens with zero attached hydrogens (tertiary/aromatic N) is 1. The normalized spacial score (nSPS) is 14.0. The number of ketones is 2. The SMILES string of the molecule is COC1=CC(=O)c2c(c(COc3ccc(S(C)(=O)=O)cc3)cn2C)C1=O. The van der Waals surface area contributed by atoms with E-state index in [9.17, 15) is 18.0 Å². The largest absolute Gasteiger partial charge is 0.492 e. The number of fused-ring (bicyclic) bond motifs is 1. The van der Waals surface area contributed by atoms with Crippen LogP contribution in [0.25, 0.3) is 0 Å². The second kappa shape index (κ2) is 6.45. The number of aromatic nitrogens is 1. The minimum Gasteiger partial charge on any atom is -0.492 e. The molecule has 7 nitrogen and oxygen atoms in total.